The predicted molar refractivity (Wildman–Crippen MR) is 85.8 cm³/mol. The summed E-state index contributed by atoms with van der Waals surface area (Å²) < 4.78 is 27.4. The molecule has 0 spiro atoms. The molecule has 0 atom stereocenters. The summed E-state index contributed by atoms with van der Waals surface area (Å²) in [5.41, 5.74) is 1.33. The first-order valence-corrected chi connectivity index (χ1v) is 8.97. The number of rotatable bonds is 3. The first-order valence-electron chi connectivity index (χ1n) is 6.61. The van der Waals surface area contributed by atoms with Crippen molar-refractivity contribution in [2.75, 3.05) is 10.0 Å². The van der Waals surface area contributed by atoms with E-state index in [2.05, 4.69) is 15.0 Å². The van der Waals surface area contributed by atoms with Gasteiger partial charge >= 0.3 is 0 Å². The lowest BCUT2D eigenvalue weighted by atomic mass is 9.86. The van der Waals surface area contributed by atoms with Gasteiger partial charge in [-0.3, -0.25) is 9.52 Å². The van der Waals surface area contributed by atoms with Gasteiger partial charge in [-0.15, -0.1) is 11.3 Å². The van der Waals surface area contributed by atoms with E-state index in [0.29, 0.717) is 16.4 Å². The molecule has 0 saturated carbocycles. The van der Waals surface area contributed by atoms with Crippen LogP contribution in [0, 0.1) is 6.92 Å². The van der Waals surface area contributed by atoms with Gasteiger partial charge in [0.15, 0.2) is 5.13 Å². The first kappa shape index (κ1) is 15.0. The van der Waals surface area contributed by atoms with Crippen molar-refractivity contribution in [1.82, 2.24) is 4.98 Å². The maximum atomic E-state index is 12.5. The second kappa shape index (κ2) is 4.79. The van der Waals surface area contributed by atoms with Gasteiger partial charge in [0.05, 0.1) is 16.0 Å². The number of aromatic nitrogens is 1. The first-order chi connectivity index (χ1) is 10.2. The number of sulfonamides is 1. The molecule has 1 aliphatic heterocycles. The van der Waals surface area contributed by atoms with Crippen molar-refractivity contribution in [3.63, 3.8) is 0 Å². The smallest absolute Gasteiger partial charge is 0.263 e. The summed E-state index contributed by atoms with van der Waals surface area (Å²) in [5, 5.41) is 4.85. The number of benzene rings is 1. The van der Waals surface area contributed by atoms with Gasteiger partial charge < -0.3 is 5.32 Å². The van der Waals surface area contributed by atoms with Crippen LogP contribution in [0.15, 0.2) is 28.5 Å². The number of aryl methyl sites for hydroxylation is 1. The highest BCUT2D eigenvalue weighted by atomic mass is 32.2. The van der Waals surface area contributed by atoms with Crippen LogP contribution in [0.2, 0.25) is 0 Å². The molecule has 1 aliphatic rings. The Balaban J connectivity index is 1.99. The predicted octanol–water partition coefficient (Wildman–Crippen LogP) is 2.48. The molecule has 116 valence electrons. The van der Waals surface area contributed by atoms with Crippen molar-refractivity contribution in [2.45, 2.75) is 31.1 Å². The number of nitrogens with one attached hydrogen (secondary N) is 2. The topological polar surface area (TPSA) is 88.2 Å². The molecule has 22 heavy (non-hydrogen) atoms. The van der Waals surface area contributed by atoms with Crippen LogP contribution in [-0.2, 0) is 20.2 Å². The average molecular weight is 337 g/mol. The molecule has 1 aromatic carbocycles. The van der Waals surface area contributed by atoms with E-state index in [1.807, 2.05) is 0 Å². The lowest BCUT2D eigenvalue weighted by molar-refractivity contribution is -0.119. The largest absolute Gasteiger partial charge is 0.325 e. The Morgan fingerprint density at radius 1 is 1.32 bits per heavy atom. The fourth-order valence-electron chi connectivity index (χ4n) is 2.29. The highest BCUT2D eigenvalue weighted by Gasteiger charge is 2.39. The molecule has 2 N–H and O–H groups in total. The maximum Gasteiger partial charge on any atom is 0.263 e. The van der Waals surface area contributed by atoms with Crippen LogP contribution in [0.4, 0.5) is 10.8 Å². The fourth-order valence-corrected chi connectivity index (χ4v) is 4.26. The number of hydrogen-bond donors (Lipinski definition) is 2. The number of carbonyl (C=O) groups excluding carboxylic acids is 1. The SMILES string of the molecule is Cc1csc(NS(=O)(=O)c2ccc3c(c2)C(C)(C)C(=O)N3)n1. The summed E-state index contributed by atoms with van der Waals surface area (Å²) in [5.74, 6) is -0.138. The molecule has 0 aliphatic carbocycles. The molecular weight excluding hydrogens is 322 g/mol. The molecule has 0 fully saturated rings. The molecule has 2 heterocycles. The third-order valence-corrected chi connectivity index (χ3v) is 5.97. The van der Waals surface area contributed by atoms with Crippen molar-refractivity contribution >= 4 is 38.1 Å². The summed E-state index contributed by atoms with van der Waals surface area (Å²) in [6.45, 7) is 5.33. The maximum absolute atomic E-state index is 12.5. The third-order valence-electron chi connectivity index (χ3n) is 3.63. The number of fused-ring (bicyclic) bond motifs is 1. The number of hydrogen-bond acceptors (Lipinski definition) is 5. The zero-order valence-corrected chi connectivity index (χ0v) is 13.9. The lowest BCUT2D eigenvalue weighted by Gasteiger charge is -2.15. The lowest BCUT2D eigenvalue weighted by Crippen LogP contribution is -2.27. The van der Waals surface area contributed by atoms with E-state index < -0.39 is 15.4 Å². The van der Waals surface area contributed by atoms with Crippen molar-refractivity contribution < 1.29 is 13.2 Å². The molecule has 0 bridgehead atoms. The summed E-state index contributed by atoms with van der Waals surface area (Å²) in [7, 11) is -3.73. The van der Waals surface area contributed by atoms with Gasteiger partial charge in [-0.25, -0.2) is 13.4 Å². The molecule has 0 radical (unpaired) electrons. The minimum absolute atomic E-state index is 0.115. The molecule has 1 amide bonds. The number of carbonyl (C=O) groups is 1. The van der Waals surface area contributed by atoms with E-state index in [9.17, 15) is 13.2 Å². The van der Waals surface area contributed by atoms with E-state index in [1.54, 1.807) is 32.2 Å². The van der Waals surface area contributed by atoms with Crippen LogP contribution in [0.5, 0.6) is 0 Å². The van der Waals surface area contributed by atoms with E-state index in [1.165, 1.54) is 23.5 Å². The second-order valence-corrected chi connectivity index (χ2v) is 8.23. The number of amides is 1. The van der Waals surface area contributed by atoms with Crippen LogP contribution in [0.3, 0.4) is 0 Å². The Kier molecular flexibility index (Phi) is 3.26. The minimum atomic E-state index is -3.73. The average Bonchev–Trinajstić information content (AvgIpc) is 2.92. The molecule has 3 rings (SSSR count). The van der Waals surface area contributed by atoms with Gasteiger partial charge in [-0.2, -0.15) is 0 Å². The van der Waals surface area contributed by atoms with Crippen LogP contribution in [0.1, 0.15) is 25.1 Å². The molecule has 8 heteroatoms. The Hall–Kier alpha value is -1.93. The zero-order valence-electron chi connectivity index (χ0n) is 12.3. The van der Waals surface area contributed by atoms with Crippen molar-refractivity contribution in [3.05, 3.63) is 34.8 Å². The van der Waals surface area contributed by atoms with Crippen LogP contribution in [-0.4, -0.2) is 19.3 Å². The van der Waals surface area contributed by atoms with Crippen molar-refractivity contribution in [2.24, 2.45) is 0 Å². The molecular formula is C14H15N3O3S2. The second-order valence-electron chi connectivity index (χ2n) is 5.69. The van der Waals surface area contributed by atoms with Crippen LogP contribution < -0.4 is 10.0 Å². The van der Waals surface area contributed by atoms with Crippen LogP contribution >= 0.6 is 11.3 Å². The molecule has 2 aromatic rings. The Labute approximate surface area is 132 Å². The van der Waals surface area contributed by atoms with Gasteiger partial charge in [0, 0.05) is 11.1 Å². The summed E-state index contributed by atoms with van der Waals surface area (Å²) in [6.07, 6.45) is 0. The van der Waals surface area contributed by atoms with E-state index in [-0.39, 0.29) is 10.8 Å². The van der Waals surface area contributed by atoms with Gasteiger partial charge in [0.1, 0.15) is 0 Å². The molecule has 6 nitrogen and oxygen atoms in total. The monoisotopic (exact) mass is 337 g/mol. The summed E-state index contributed by atoms with van der Waals surface area (Å²) in [4.78, 5) is 16.1. The quantitative estimate of drug-likeness (QED) is 0.900. The van der Waals surface area contributed by atoms with Gasteiger partial charge in [0.25, 0.3) is 10.0 Å². The van der Waals surface area contributed by atoms with Crippen molar-refractivity contribution in [1.29, 1.82) is 0 Å². The number of nitrogens with zero attached hydrogens (tertiary/aromatic N) is 1. The Morgan fingerprint density at radius 3 is 2.68 bits per heavy atom. The van der Waals surface area contributed by atoms with Crippen molar-refractivity contribution in [3.8, 4) is 0 Å². The Bertz CT molecular complexity index is 869. The van der Waals surface area contributed by atoms with E-state index in [4.69, 9.17) is 0 Å². The molecule has 1 aromatic heterocycles. The van der Waals surface area contributed by atoms with Gasteiger partial charge in [-0.1, -0.05) is 0 Å². The summed E-state index contributed by atoms with van der Waals surface area (Å²) >= 11 is 1.23. The van der Waals surface area contributed by atoms with Crippen LogP contribution in [0.25, 0.3) is 0 Å². The van der Waals surface area contributed by atoms with E-state index >= 15 is 0 Å². The third kappa shape index (κ3) is 2.38. The fraction of sp³-hybridized carbons (Fsp3) is 0.286. The number of anilines is 2. The molecule has 0 unspecified atom stereocenters. The highest BCUT2D eigenvalue weighted by molar-refractivity contribution is 7.93. The van der Waals surface area contributed by atoms with E-state index in [0.717, 1.165) is 5.69 Å². The number of thiazole rings is 1. The highest BCUT2D eigenvalue weighted by Crippen LogP contribution is 2.38. The normalized spacial score (nSPS) is 16.2. The summed E-state index contributed by atoms with van der Waals surface area (Å²) in [6, 6.07) is 4.63. The molecule has 0 saturated heterocycles. The standard InChI is InChI=1S/C14H15N3O3S2/c1-8-7-21-13(15-8)17-22(19,20)9-4-5-11-10(6-9)14(2,3)12(18)16-11/h4-7H,1-3H3,(H,15,17)(H,16,18). The zero-order chi connectivity index (χ0) is 16.1. The van der Waals surface area contributed by atoms with Gasteiger partial charge in [0.2, 0.25) is 5.91 Å². The minimum Gasteiger partial charge on any atom is -0.325 e. The van der Waals surface area contributed by atoms with Gasteiger partial charge in [-0.05, 0) is 44.5 Å². The Morgan fingerprint density at radius 2 is 2.05 bits per heavy atom.